The summed E-state index contributed by atoms with van der Waals surface area (Å²) in [5.41, 5.74) is 0.739. The molecule has 0 aliphatic carbocycles. The molecule has 0 unspecified atom stereocenters. The van der Waals surface area contributed by atoms with Crippen molar-refractivity contribution in [1.82, 2.24) is 14.8 Å². The first-order valence-electron chi connectivity index (χ1n) is 6.76. The second kappa shape index (κ2) is 5.55. The highest BCUT2D eigenvalue weighted by Gasteiger charge is 2.26. The van der Waals surface area contributed by atoms with E-state index in [1.165, 1.54) is 0 Å². The molecular formula is C14H22ClN3O. The SMILES string of the molecule is CC(C)(C)N1CCCN(C(=O)c2cc(Cl)c[nH]2)CC1. The molecule has 0 bridgehead atoms. The van der Waals surface area contributed by atoms with Gasteiger partial charge in [-0.15, -0.1) is 0 Å². The first-order valence-corrected chi connectivity index (χ1v) is 7.14. The van der Waals surface area contributed by atoms with Crippen LogP contribution < -0.4 is 0 Å². The lowest BCUT2D eigenvalue weighted by molar-refractivity contribution is 0.0744. The molecule has 0 spiro atoms. The van der Waals surface area contributed by atoms with Crippen LogP contribution >= 0.6 is 11.6 Å². The van der Waals surface area contributed by atoms with Crippen LogP contribution in [0, 0.1) is 0 Å². The number of amides is 1. The van der Waals surface area contributed by atoms with Crippen LogP contribution in [0.25, 0.3) is 0 Å². The minimum absolute atomic E-state index is 0.0441. The Kier molecular flexibility index (Phi) is 4.21. The molecule has 1 saturated heterocycles. The summed E-state index contributed by atoms with van der Waals surface area (Å²) in [4.78, 5) is 19.6. The zero-order chi connectivity index (χ0) is 14.0. The smallest absolute Gasteiger partial charge is 0.270 e. The maximum atomic E-state index is 12.3. The lowest BCUT2D eigenvalue weighted by atomic mass is 10.1. The molecule has 1 aliphatic rings. The summed E-state index contributed by atoms with van der Waals surface area (Å²) in [7, 11) is 0. The molecule has 1 fully saturated rings. The highest BCUT2D eigenvalue weighted by Crippen LogP contribution is 2.18. The molecule has 5 heteroatoms. The summed E-state index contributed by atoms with van der Waals surface area (Å²) < 4.78 is 0. The van der Waals surface area contributed by atoms with E-state index in [1.54, 1.807) is 12.3 Å². The van der Waals surface area contributed by atoms with Gasteiger partial charge in [0.1, 0.15) is 5.69 Å². The fraction of sp³-hybridized carbons (Fsp3) is 0.643. The van der Waals surface area contributed by atoms with E-state index in [1.807, 2.05) is 4.90 Å². The second-order valence-electron chi connectivity index (χ2n) is 6.04. The molecule has 0 radical (unpaired) electrons. The number of carbonyl (C=O) groups excluding carboxylic acids is 1. The van der Waals surface area contributed by atoms with E-state index in [-0.39, 0.29) is 11.4 Å². The molecule has 1 N–H and O–H groups in total. The first-order chi connectivity index (χ1) is 8.88. The average Bonchev–Trinajstić information content (AvgIpc) is 2.62. The number of hydrogen-bond acceptors (Lipinski definition) is 2. The molecule has 106 valence electrons. The minimum atomic E-state index is 0.0441. The predicted molar refractivity (Wildman–Crippen MR) is 77.6 cm³/mol. The number of nitrogens with zero attached hydrogens (tertiary/aromatic N) is 2. The van der Waals surface area contributed by atoms with Gasteiger partial charge in [0.25, 0.3) is 5.91 Å². The van der Waals surface area contributed by atoms with Crippen LogP contribution in [0.15, 0.2) is 12.3 Å². The number of H-pyrrole nitrogens is 1. The van der Waals surface area contributed by atoms with Crippen molar-refractivity contribution in [2.75, 3.05) is 26.2 Å². The summed E-state index contributed by atoms with van der Waals surface area (Å²) >= 11 is 5.85. The minimum Gasteiger partial charge on any atom is -0.356 e. The van der Waals surface area contributed by atoms with Gasteiger partial charge in [-0.25, -0.2) is 0 Å². The van der Waals surface area contributed by atoms with E-state index in [2.05, 4.69) is 30.7 Å². The third-order valence-corrected chi connectivity index (χ3v) is 3.83. The topological polar surface area (TPSA) is 39.3 Å². The number of aromatic nitrogens is 1. The van der Waals surface area contributed by atoms with Crippen LogP contribution in [0.4, 0.5) is 0 Å². The Morgan fingerprint density at radius 2 is 2.00 bits per heavy atom. The number of carbonyl (C=O) groups is 1. The van der Waals surface area contributed by atoms with Gasteiger partial charge in [-0.05, 0) is 33.3 Å². The standard InChI is InChI=1S/C14H22ClN3O/c1-14(2,3)18-6-4-5-17(7-8-18)13(19)12-9-11(15)10-16-12/h9-10,16H,4-8H2,1-3H3. The molecule has 0 atom stereocenters. The van der Waals surface area contributed by atoms with Crippen molar-refractivity contribution < 1.29 is 4.79 Å². The summed E-state index contributed by atoms with van der Waals surface area (Å²) in [6, 6.07) is 1.69. The van der Waals surface area contributed by atoms with Gasteiger partial charge >= 0.3 is 0 Å². The van der Waals surface area contributed by atoms with Crippen LogP contribution in [-0.4, -0.2) is 52.4 Å². The van der Waals surface area contributed by atoms with Gasteiger partial charge in [0, 0.05) is 37.9 Å². The molecule has 0 saturated carbocycles. The number of halogens is 1. The molecular weight excluding hydrogens is 262 g/mol. The lowest BCUT2D eigenvalue weighted by Crippen LogP contribution is -2.44. The van der Waals surface area contributed by atoms with E-state index < -0.39 is 0 Å². The van der Waals surface area contributed by atoms with Gasteiger partial charge in [-0.3, -0.25) is 9.69 Å². The summed E-state index contributed by atoms with van der Waals surface area (Å²) in [5.74, 6) is 0.0441. The Bertz CT molecular complexity index is 450. The van der Waals surface area contributed by atoms with Crippen molar-refractivity contribution in [2.45, 2.75) is 32.7 Å². The number of hydrogen-bond donors (Lipinski definition) is 1. The monoisotopic (exact) mass is 283 g/mol. The first kappa shape index (κ1) is 14.4. The summed E-state index contributed by atoms with van der Waals surface area (Å²) in [5, 5.41) is 0.578. The molecule has 1 amide bonds. The zero-order valence-corrected chi connectivity index (χ0v) is 12.6. The summed E-state index contributed by atoms with van der Waals surface area (Å²) in [6.07, 6.45) is 2.66. The highest BCUT2D eigenvalue weighted by molar-refractivity contribution is 6.30. The molecule has 2 rings (SSSR count). The fourth-order valence-corrected chi connectivity index (χ4v) is 2.62. The van der Waals surface area contributed by atoms with Crippen molar-refractivity contribution in [3.63, 3.8) is 0 Å². The largest absolute Gasteiger partial charge is 0.356 e. The molecule has 0 aromatic carbocycles. The van der Waals surface area contributed by atoms with Crippen LogP contribution in [0.1, 0.15) is 37.7 Å². The van der Waals surface area contributed by atoms with Gasteiger partial charge in [-0.1, -0.05) is 11.6 Å². The molecule has 1 aromatic heterocycles. The number of nitrogens with one attached hydrogen (secondary N) is 1. The van der Waals surface area contributed by atoms with E-state index in [9.17, 15) is 4.79 Å². The van der Waals surface area contributed by atoms with Crippen LogP contribution in [0.3, 0.4) is 0 Å². The van der Waals surface area contributed by atoms with Crippen LogP contribution in [-0.2, 0) is 0 Å². The van der Waals surface area contributed by atoms with E-state index in [0.29, 0.717) is 10.7 Å². The molecule has 4 nitrogen and oxygen atoms in total. The maximum absolute atomic E-state index is 12.3. The lowest BCUT2D eigenvalue weighted by Gasteiger charge is -2.34. The Balaban J connectivity index is 2.01. The van der Waals surface area contributed by atoms with Gasteiger partial charge in [0.05, 0.1) is 5.02 Å². The molecule has 19 heavy (non-hydrogen) atoms. The quantitative estimate of drug-likeness (QED) is 0.860. The van der Waals surface area contributed by atoms with Crippen molar-refractivity contribution in [3.05, 3.63) is 23.0 Å². The zero-order valence-electron chi connectivity index (χ0n) is 11.9. The molecule has 1 aromatic rings. The van der Waals surface area contributed by atoms with Crippen molar-refractivity contribution in [2.24, 2.45) is 0 Å². The number of aromatic amines is 1. The molecule has 1 aliphatic heterocycles. The summed E-state index contributed by atoms with van der Waals surface area (Å²) in [6.45, 7) is 10.2. The van der Waals surface area contributed by atoms with Crippen molar-refractivity contribution in [3.8, 4) is 0 Å². The Hall–Kier alpha value is -1.00. The molecule has 2 heterocycles. The van der Waals surface area contributed by atoms with Crippen LogP contribution in [0.2, 0.25) is 5.02 Å². The Labute approximate surface area is 119 Å². The fourth-order valence-electron chi connectivity index (χ4n) is 2.45. The third kappa shape index (κ3) is 3.51. The highest BCUT2D eigenvalue weighted by atomic mass is 35.5. The normalized spacial score (nSPS) is 18.4. The van der Waals surface area contributed by atoms with Gasteiger partial charge < -0.3 is 9.88 Å². The number of rotatable bonds is 1. The van der Waals surface area contributed by atoms with Crippen molar-refractivity contribution >= 4 is 17.5 Å². The third-order valence-electron chi connectivity index (χ3n) is 3.61. The average molecular weight is 284 g/mol. The maximum Gasteiger partial charge on any atom is 0.270 e. The Morgan fingerprint density at radius 1 is 1.26 bits per heavy atom. The Morgan fingerprint density at radius 3 is 2.58 bits per heavy atom. The van der Waals surface area contributed by atoms with Gasteiger partial charge in [0.15, 0.2) is 0 Å². The van der Waals surface area contributed by atoms with Gasteiger partial charge in [0.2, 0.25) is 0 Å². The predicted octanol–water partition coefficient (Wildman–Crippen LogP) is 2.61. The van der Waals surface area contributed by atoms with E-state index in [0.717, 1.165) is 32.6 Å². The van der Waals surface area contributed by atoms with E-state index in [4.69, 9.17) is 11.6 Å². The van der Waals surface area contributed by atoms with Gasteiger partial charge in [-0.2, -0.15) is 0 Å². The second-order valence-corrected chi connectivity index (χ2v) is 6.47. The van der Waals surface area contributed by atoms with Crippen LogP contribution in [0.5, 0.6) is 0 Å². The van der Waals surface area contributed by atoms with E-state index >= 15 is 0 Å². The van der Waals surface area contributed by atoms with Crippen molar-refractivity contribution in [1.29, 1.82) is 0 Å².